The zero-order valence-electron chi connectivity index (χ0n) is 14.0. The average Bonchev–Trinajstić information content (AvgIpc) is 3.30. The zero-order valence-corrected chi connectivity index (χ0v) is 14.8. The van der Waals surface area contributed by atoms with Crippen LogP contribution < -0.4 is 0 Å². The van der Waals surface area contributed by atoms with Crippen molar-refractivity contribution in [3.05, 3.63) is 53.3 Å². The summed E-state index contributed by atoms with van der Waals surface area (Å²) >= 11 is 1.70. The van der Waals surface area contributed by atoms with Gasteiger partial charge in [0, 0.05) is 31.5 Å². The highest BCUT2D eigenvalue weighted by Crippen LogP contribution is 2.34. The summed E-state index contributed by atoms with van der Waals surface area (Å²) in [4.78, 5) is 3.72. The Morgan fingerprint density at radius 2 is 2.21 bits per heavy atom. The van der Waals surface area contributed by atoms with Gasteiger partial charge in [0.05, 0.1) is 10.9 Å². The molecule has 1 atom stereocenters. The Morgan fingerprint density at radius 1 is 1.25 bits per heavy atom. The number of aromatic nitrogens is 2. The van der Waals surface area contributed by atoms with Crippen LogP contribution in [0.3, 0.4) is 0 Å². The number of hydrogen-bond donors (Lipinski definition) is 0. The van der Waals surface area contributed by atoms with Crippen LogP contribution in [0.5, 0.6) is 0 Å². The normalized spacial score (nSPS) is 19.5. The molecule has 1 aliphatic heterocycles. The summed E-state index contributed by atoms with van der Waals surface area (Å²) in [5, 5.41) is 6.50. The first kappa shape index (κ1) is 15.7. The van der Waals surface area contributed by atoms with Gasteiger partial charge < -0.3 is 9.09 Å². The largest absolute Gasteiger partial charge is 0.355 e. The second-order valence-corrected chi connectivity index (χ2v) is 7.49. The molecule has 1 unspecified atom stereocenters. The molecular weight excluding hydrogens is 318 g/mol. The van der Waals surface area contributed by atoms with E-state index in [2.05, 4.69) is 63.6 Å². The molecule has 0 amide bonds. The molecule has 0 N–H and O–H groups in total. The molecule has 0 spiro atoms. The van der Waals surface area contributed by atoms with Crippen molar-refractivity contribution < 1.29 is 4.52 Å². The third-order valence-electron chi connectivity index (χ3n) is 4.91. The third kappa shape index (κ3) is 3.19. The molecule has 1 aliphatic rings. The van der Waals surface area contributed by atoms with Gasteiger partial charge in [-0.25, -0.2) is 0 Å². The fourth-order valence-electron chi connectivity index (χ4n) is 3.54. The van der Waals surface area contributed by atoms with E-state index in [1.54, 1.807) is 11.3 Å². The SMILES string of the molecule is Cn1cccc1CN1CCCCCC1c1cc(-c2cccs2)on1. The van der Waals surface area contributed by atoms with Crippen molar-refractivity contribution >= 4 is 11.3 Å². The van der Waals surface area contributed by atoms with E-state index in [9.17, 15) is 0 Å². The molecule has 1 saturated heterocycles. The number of rotatable bonds is 4. The number of nitrogens with zero attached hydrogens (tertiary/aromatic N) is 3. The molecule has 5 heteroatoms. The summed E-state index contributed by atoms with van der Waals surface area (Å²) in [6.07, 6.45) is 7.09. The van der Waals surface area contributed by atoms with Crippen LogP contribution >= 0.6 is 11.3 Å². The molecule has 24 heavy (non-hydrogen) atoms. The molecule has 3 aromatic heterocycles. The number of thiophene rings is 1. The molecule has 1 fully saturated rings. The molecule has 3 aromatic rings. The third-order valence-corrected chi connectivity index (χ3v) is 5.80. The maximum atomic E-state index is 5.64. The van der Waals surface area contributed by atoms with E-state index < -0.39 is 0 Å². The summed E-state index contributed by atoms with van der Waals surface area (Å²) in [6, 6.07) is 11.0. The standard InChI is InChI=1S/C19H23N3OS/c1-21-10-5-7-15(21)14-22-11-4-2-3-8-17(22)16-13-18(23-20-16)19-9-6-12-24-19/h5-7,9-10,12-13,17H,2-4,8,11,14H2,1H3. The highest BCUT2D eigenvalue weighted by Gasteiger charge is 2.26. The molecule has 4 heterocycles. The molecule has 4 rings (SSSR count). The number of likely N-dealkylation sites (tertiary alicyclic amines) is 1. The van der Waals surface area contributed by atoms with Gasteiger partial charge in [0.25, 0.3) is 0 Å². The van der Waals surface area contributed by atoms with Crippen LogP contribution in [0.15, 0.2) is 46.4 Å². The summed E-state index contributed by atoms with van der Waals surface area (Å²) in [7, 11) is 2.12. The second-order valence-electron chi connectivity index (χ2n) is 6.54. The van der Waals surface area contributed by atoms with E-state index in [-0.39, 0.29) is 0 Å². The Balaban J connectivity index is 1.59. The molecule has 0 bridgehead atoms. The highest BCUT2D eigenvalue weighted by molar-refractivity contribution is 7.13. The van der Waals surface area contributed by atoms with Gasteiger partial charge in [-0.3, -0.25) is 4.90 Å². The van der Waals surface area contributed by atoms with Crippen LogP contribution in [-0.2, 0) is 13.6 Å². The van der Waals surface area contributed by atoms with Crippen molar-refractivity contribution in [3.63, 3.8) is 0 Å². The van der Waals surface area contributed by atoms with Crippen molar-refractivity contribution in [3.8, 4) is 10.6 Å². The topological polar surface area (TPSA) is 34.2 Å². The number of hydrogen-bond acceptors (Lipinski definition) is 4. The van der Waals surface area contributed by atoms with E-state index in [4.69, 9.17) is 4.52 Å². The predicted molar refractivity (Wildman–Crippen MR) is 96.8 cm³/mol. The van der Waals surface area contributed by atoms with Crippen LogP contribution in [0, 0.1) is 0 Å². The summed E-state index contributed by atoms with van der Waals surface area (Å²) < 4.78 is 7.85. The molecular formula is C19H23N3OS. The van der Waals surface area contributed by atoms with Gasteiger partial charge in [0.2, 0.25) is 0 Å². The van der Waals surface area contributed by atoms with Crippen molar-refractivity contribution in [2.75, 3.05) is 6.54 Å². The smallest absolute Gasteiger partial charge is 0.177 e. The van der Waals surface area contributed by atoms with Crippen LogP contribution in [-0.4, -0.2) is 21.2 Å². The lowest BCUT2D eigenvalue weighted by Gasteiger charge is -2.28. The van der Waals surface area contributed by atoms with Crippen LogP contribution in [0.2, 0.25) is 0 Å². The monoisotopic (exact) mass is 341 g/mol. The van der Waals surface area contributed by atoms with E-state index in [0.717, 1.165) is 35.8 Å². The first-order chi connectivity index (χ1) is 11.8. The zero-order chi connectivity index (χ0) is 16.4. The van der Waals surface area contributed by atoms with E-state index >= 15 is 0 Å². The average molecular weight is 341 g/mol. The molecule has 0 saturated carbocycles. The van der Waals surface area contributed by atoms with Gasteiger partial charge in [-0.1, -0.05) is 24.1 Å². The second kappa shape index (κ2) is 6.95. The van der Waals surface area contributed by atoms with Gasteiger partial charge in [0.1, 0.15) is 5.69 Å². The van der Waals surface area contributed by atoms with Gasteiger partial charge >= 0.3 is 0 Å². The summed E-state index contributed by atoms with van der Waals surface area (Å²) in [6.45, 7) is 2.09. The van der Waals surface area contributed by atoms with Crippen molar-refractivity contribution in [1.82, 2.24) is 14.6 Å². The minimum Gasteiger partial charge on any atom is -0.355 e. The van der Waals surface area contributed by atoms with Crippen molar-refractivity contribution in [2.24, 2.45) is 7.05 Å². The first-order valence-electron chi connectivity index (χ1n) is 8.66. The fraction of sp³-hybridized carbons (Fsp3) is 0.421. The van der Waals surface area contributed by atoms with Gasteiger partial charge in [-0.05, 0) is 43.0 Å². The van der Waals surface area contributed by atoms with Crippen molar-refractivity contribution in [1.29, 1.82) is 0 Å². The van der Waals surface area contributed by atoms with Gasteiger partial charge in [0.15, 0.2) is 5.76 Å². The maximum absolute atomic E-state index is 5.64. The molecule has 0 radical (unpaired) electrons. The lowest BCUT2D eigenvalue weighted by Crippen LogP contribution is -2.29. The molecule has 126 valence electrons. The Kier molecular flexibility index (Phi) is 4.54. The van der Waals surface area contributed by atoms with E-state index in [1.165, 1.54) is 25.0 Å². The maximum Gasteiger partial charge on any atom is 0.177 e. The minimum absolute atomic E-state index is 0.347. The Labute approximate surface area is 146 Å². The number of aryl methyl sites for hydroxylation is 1. The predicted octanol–water partition coefficient (Wildman–Crippen LogP) is 4.86. The minimum atomic E-state index is 0.347. The fourth-order valence-corrected chi connectivity index (χ4v) is 4.21. The summed E-state index contributed by atoms with van der Waals surface area (Å²) in [5.74, 6) is 0.892. The Bertz CT molecular complexity index is 774. The van der Waals surface area contributed by atoms with E-state index in [0.29, 0.717) is 6.04 Å². The van der Waals surface area contributed by atoms with Crippen molar-refractivity contribution in [2.45, 2.75) is 38.3 Å². The van der Waals surface area contributed by atoms with Crippen LogP contribution in [0.25, 0.3) is 10.6 Å². The summed E-state index contributed by atoms with van der Waals surface area (Å²) in [5.41, 5.74) is 2.43. The Hall–Kier alpha value is -1.85. The van der Waals surface area contributed by atoms with E-state index in [1.807, 2.05) is 0 Å². The van der Waals surface area contributed by atoms with Crippen LogP contribution in [0.4, 0.5) is 0 Å². The lowest BCUT2D eigenvalue weighted by molar-refractivity contribution is 0.180. The molecule has 0 aliphatic carbocycles. The molecule has 4 nitrogen and oxygen atoms in total. The lowest BCUT2D eigenvalue weighted by atomic mass is 10.1. The Morgan fingerprint density at radius 3 is 3.00 bits per heavy atom. The van der Waals surface area contributed by atoms with Crippen LogP contribution in [0.1, 0.15) is 43.1 Å². The first-order valence-corrected chi connectivity index (χ1v) is 9.54. The highest BCUT2D eigenvalue weighted by atomic mass is 32.1. The van der Waals surface area contributed by atoms with Gasteiger partial charge in [-0.2, -0.15) is 0 Å². The van der Waals surface area contributed by atoms with Gasteiger partial charge in [-0.15, -0.1) is 11.3 Å². The molecule has 0 aromatic carbocycles. The quantitative estimate of drug-likeness (QED) is 0.680.